The van der Waals surface area contributed by atoms with Crippen molar-refractivity contribution in [2.24, 2.45) is 0 Å². The van der Waals surface area contributed by atoms with Gasteiger partial charge in [-0.3, -0.25) is 9.89 Å². The molecule has 20 heavy (non-hydrogen) atoms. The molecule has 0 saturated carbocycles. The van der Waals surface area contributed by atoms with E-state index in [-0.39, 0.29) is 18.4 Å². The second kappa shape index (κ2) is 5.32. The standard InChI is InChI=1S/C12H17N7O/c13-12-14-8-19(17-12)7-11(20)18-5-1-2-9(6-18)10-3-4-15-16-10/h3-4,8-9H,1-2,5-7H2,(H2,13,17)(H,15,16). The average molecular weight is 275 g/mol. The summed E-state index contributed by atoms with van der Waals surface area (Å²) in [5.74, 6) is 0.557. The summed E-state index contributed by atoms with van der Waals surface area (Å²) < 4.78 is 1.47. The average Bonchev–Trinajstić information content (AvgIpc) is 3.11. The molecule has 2 aromatic heterocycles. The number of anilines is 1. The normalized spacial score (nSPS) is 19.2. The molecule has 8 heteroatoms. The van der Waals surface area contributed by atoms with Crippen LogP contribution in [0, 0.1) is 0 Å². The number of nitrogens with two attached hydrogens (primary N) is 1. The second-order valence-corrected chi connectivity index (χ2v) is 4.99. The lowest BCUT2D eigenvalue weighted by Gasteiger charge is -2.32. The van der Waals surface area contributed by atoms with Gasteiger partial charge in [0.05, 0.1) is 0 Å². The van der Waals surface area contributed by atoms with Crippen molar-refractivity contribution >= 4 is 11.9 Å². The van der Waals surface area contributed by atoms with Crippen molar-refractivity contribution in [1.29, 1.82) is 0 Å². The number of amides is 1. The minimum atomic E-state index is 0.0408. The molecular weight excluding hydrogens is 258 g/mol. The molecule has 3 heterocycles. The summed E-state index contributed by atoms with van der Waals surface area (Å²) in [5, 5.41) is 10.9. The number of nitrogens with zero attached hydrogens (tertiary/aromatic N) is 5. The molecule has 0 spiro atoms. The predicted octanol–water partition coefficient (Wildman–Crippen LogP) is -0.0104. The third-order valence-electron chi connectivity index (χ3n) is 3.59. The SMILES string of the molecule is Nc1ncn(CC(=O)N2CCCC(c3ccn[nH]3)C2)n1. The van der Waals surface area contributed by atoms with E-state index in [4.69, 9.17) is 5.73 Å². The first-order valence-electron chi connectivity index (χ1n) is 6.64. The lowest BCUT2D eigenvalue weighted by atomic mass is 9.95. The van der Waals surface area contributed by atoms with Crippen LogP contribution in [0.2, 0.25) is 0 Å². The third kappa shape index (κ3) is 2.63. The van der Waals surface area contributed by atoms with Crippen molar-refractivity contribution in [3.05, 3.63) is 24.3 Å². The third-order valence-corrected chi connectivity index (χ3v) is 3.59. The lowest BCUT2D eigenvalue weighted by molar-refractivity contribution is -0.133. The summed E-state index contributed by atoms with van der Waals surface area (Å²) >= 11 is 0. The highest BCUT2D eigenvalue weighted by Crippen LogP contribution is 2.25. The van der Waals surface area contributed by atoms with Crippen LogP contribution in [0.3, 0.4) is 0 Å². The first-order chi connectivity index (χ1) is 9.72. The van der Waals surface area contributed by atoms with Gasteiger partial charge >= 0.3 is 0 Å². The van der Waals surface area contributed by atoms with Crippen LogP contribution in [0.5, 0.6) is 0 Å². The van der Waals surface area contributed by atoms with E-state index in [1.165, 1.54) is 11.0 Å². The largest absolute Gasteiger partial charge is 0.367 e. The number of aromatic nitrogens is 5. The number of piperidine rings is 1. The first-order valence-corrected chi connectivity index (χ1v) is 6.64. The van der Waals surface area contributed by atoms with Crippen molar-refractivity contribution in [3.8, 4) is 0 Å². The zero-order valence-corrected chi connectivity index (χ0v) is 11.1. The van der Waals surface area contributed by atoms with Crippen LogP contribution in [0.15, 0.2) is 18.6 Å². The molecule has 1 aliphatic rings. The molecule has 0 bridgehead atoms. The summed E-state index contributed by atoms with van der Waals surface area (Å²) in [4.78, 5) is 17.9. The van der Waals surface area contributed by atoms with Crippen LogP contribution < -0.4 is 5.73 Å². The number of likely N-dealkylation sites (tertiary alicyclic amines) is 1. The molecule has 2 aromatic rings. The topological polar surface area (TPSA) is 106 Å². The molecule has 1 aliphatic heterocycles. The van der Waals surface area contributed by atoms with Crippen LogP contribution in [-0.4, -0.2) is 48.9 Å². The minimum Gasteiger partial charge on any atom is -0.367 e. The molecular formula is C12H17N7O. The molecule has 3 N–H and O–H groups in total. The number of nitrogens with one attached hydrogen (secondary N) is 1. The highest BCUT2D eigenvalue weighted by Gasteiger charge is 2.25. The highest BCUT2D eigenvalue weighted by atomic mass is 16.2. The van der Waals surface area contributed by atoms with Gasteiger partial charge in [-0.15, -0.1) is 5.10 Å². The smallest absolute Gasteiger partial charge is 0.244 e. The number of rotatable bonds is 3. The van der Waals surface area contributed by atoms with E-state index in [0.717, 1.165) is 25.1 Å². The van der Waals surface area contributed by atoms with Crippen molar-refractivity contribution < 1.29 is 4.79 Å². The quantitative estimate of drug-likeness (QED) is 0.819. The Bertz CT molecular complexity index is 576. The van der Waals surface area contributed by atoms with Gasteiger partial charge < -0.3 is 10.6 Å². The molecule has 1 fully saturated rings. The van der Waals surface area contributed by atoms with E-state index >= 15 is 0 Å². The number of carbonyl (C=O) groups excluding carboxylic acids is 1. The Kier molecular flexibility index (Phi) is 3.36. The highest BCUT2D eigenvalue weighted by molar-refractivity contribution is 5.76. The number of carbonyl (C=O) groups is 1. The van der Waals surface area contributed by atoms with Gasteiger partial charge in [0, 0.05) is 30.9 Å². The molecule has 1 saturated heterocycles. The van der Waals surface area contributed by atoms with Gasteiger partial charge in [0.25, 0.3) is 0 Å². The fourth-order valence-corrected chi connectivity index (χ4v) is 2.58. The number of nitrogen functional groups attached to an aromatic ring is 1. The van der Waals surface area contributed by atoms with Crippen molar-refractivity contribution in [1.82, 2.24) is 29.9 Å². The van der Waals surface area contributed by atoms with E-state index in [1.54, 1.807) is 6.20 Å². The Morgan fingerprint density at radius 3 is 3.15 bits per heavy atom. The van der Waals surface area contributed by atoms with E-state index in [9.17, 15) is 4.79 Å². The van der Waals surface area contributed by atoms with Gasteiger partial charge in [-0.1, -0.05) is 0 Å². The number of H-pyrrole nitrogens is 1. The Morgan fingerprint density at radius 1 is 1.55 bits per heavy atom. The monoisotopic (exact) mass is 275 g/mol. The summed E-state index contributed by atoms with van der Waals surface area (Å²) in [6.07, 6.45) is 5.29. The lowest BCUT2D eigenvalue weighted by Crippen LogP contribution is -2.41. The summed E-state index contributed by atoms with van der Waals surface area (Å²) in [6, 6.07) is 1.97. The van der Waals surface area contributed by atoms with Gasteiger partial charge in [0.2, 0.25) is 11.9 Å². The maximum Gasteiger partial charge on any atom is 0.244 e. The minimum absolute atomic E-state index is 0.0408. The molecule has 8 nitrogen and oxygen atoms in total. The van der Waals surface area contributed by atoms with Crippen LogP contribution >= 0.6 is 0 Å². The van der Waals surface area contributed by atoms with Gasteiger partial charge in [-0.05, 0) is 18.9 Å². The van der Waals surface area contributed by atoms with Crippen molar-refractivity contribution in [3.63, 3.8) is 0 Å². The van der Waals surface area contributed by atoms with Crippen molar-refractivity contribution in [2.75, 3.05) is 18.8 Å². The van der Waals surface area contributed by atoms with Gasteiger partial charge in [0.1, 0.15) is 12.9 Å². The van der Waals surface area contributed by atoms with E-state index in [2.05, 4.69) is 20.3 Å². The Balaban J connectivity index is 1.63. The van der Waals surface area contributed by atoms with Crippen LogP contribution in [0.25, 0.3) is 0 Å². The van der Waals surface area contributed by atoms with Crippen LogP contribution in [0.4, 0.5) is 5.95 Å². The maximum absolute atomic E-state index is 12.3. The van der Waals surface area contributed by atoms with Gasteiger partial charge in [-0.2, -0.15) is 5.10 Å². The summed E-state index contributed by atoms with van der Waals surface area (Å²) in [7, 11) is 0. The van der Waals surface area contributed by atoms with Crippen LogP contribution in [0.1, 0.15) is 24.5 Å². The molecule has 0 aliphatic carbocycles. The van der Waals surface area contributed by atoms with E-state index in [0.29, 0.717) is 12.5 Å². The van der Waals surface area contributed by atoms with Gasteiger partial charge in [0.15, 0.2) is 0 Å². The number of hydrogen-bond donors (Lipinski definition) is 2. The second-order valence-electron chi connectivity index (χ2n) is 4.99. The van der Waals surface area contributed by atoms with Crippen LogP contribution in [-0.2, 0) is 11.3 Å². The zero-order chi connectivity index (χ0) is 13.9. The molecule has 106 valence electrons. The van der Waals surface area contributed by atoms with E-state index < -0.39 is 0 Å². The fourth-order valence-electron chi connectivity index (χ4n) is 2.58. The Labute approximate surface area is 116 Å². The van der Waals surface area contributed by atoms with Gasteiger partial charge in [-0.25, -0.2) is 9.67 Å². The predicted molar refractivity (Wildman–Crippen MR) is 71.6 cm³/mol. The summed E-state index contributed by atoms with van der Waals surface area (Å²) in [6.45, 7) is 1.68. The fraction of sp³-hybridized carbons (Fsp3) is 0.500. The molecule has 1 atom stereocenters. The molecule has 1 unspecified atom stereocenters. The molecule has 3 rings (SSSR count). The number of hydrogen-bond acceptors (Lipinski definition) is 5. The van der Waals surface area contributed by atoms with Crippen molar-refractivity contribution in [2.45, 2.75) is 25.3 Å². The molecule has 1 amide bonds. The zero-order valence-electron chi connectivity index (χ0n) is 11.1. The molecule has 0 aromatic carbocycles. The molecule has 0 radical (unpaired) electrons. The van der Waals surface area contributed by atoms with E-state index in [1.807, 2.05) is 11.0 Å². The first kappa shape index (κ1) is 12.6. The summed E-state index contributed by atoms with van der Waals surface area (Å²) in [5.41, 5.74) is 6.53. The maximum atomic E-state index is 12.3. The Hall–Kier alpha value is -2.38. The Morgan fingerprint density at radius 2 is 2.45 bits per heavy atom. The number of aromatic amines is 1.